The lowest BCUT2D eigenvalue weighted by Crippen LogP contribution is -2.48. The summed E-state index contributed by atoms with van der Waals surface area (Å²) in [5, 5.41) is 0. The Kier molecular flexibility index (Phi) is 6.45. The van der Waals surface area contributed by atoms with Crippen molar-refractivity contribution in [2.45, 2.75) is 65.0 Å². The van der Waals surface area contributed by atoms with Gasteiger partial charge in [0.25, 0.3) is 0 Å². The van der Waals surface area contributed by atoms with E-state index in [0.717, 1.165) is 25.7 Å². The number of nitrogens with one attached hydrogen (secondary N) is 1. The highest BCUT2D eigenvalue weighted by molar-refractivity contribution is 5.72. The van der Waals surface area contributed by atoms with Crippen LogP contribution < -0.4 is 5.48 Å². The van der Waals surface area contributed by atoms with Gasteiger partial charge in [0.1, 0.15) is 0 Å². The summed E-state index contributed by atoms with van der Waals surface area (Å²) in [6.45, 7) is 5.81. The number of hydroxylamine groups is 1. The van der Waals surface area contributed by atoms with Gasteiger partial charge in [-0.2, -0.15) is 0 Å². The van der Waals surface area contributed by atoms with Crippen molar-refractivity contribution in [3.8, 4) is 0 Å². The summed E-state index contributed by atoms with van der Waals surface area (Å²) < 4.78 is 4.63. The van der Waals surface area contributed by atoms with E-state index >= 15 is 0 Å². The second-order valence-electron chi connectivity index (χ2n) is 4.98. The predicted octanol–water partition coefficient (Wildman–Crippen LogP) is 2.83. The molecule has 0 aromatic carbocycles. The minimum Gasteiger partial charge on any atom is -0.448 e. The van der Waals surface area contributed by atoms with Gasteiger partial charge in [-0.25, -0.2) is 9.59 Å². The van der Waals surface area contributed by atoms with E-state index in [9.17, 15) is 9.59 Å². The second-order valence-corrected chi connectivity index (χ2v) is 4.98. The Morgan fingerprint density at radius 1 is 1.26 bits per heavy atom. The van der Waals surface area contributed by atoms with E-state index in [1.54, 1.807) is 11.8 Å². The lowest BCUT2D eigenvalue weighted by Gasteiger charge is -2.35. The molecule has 0 aromatic heterocycles. The van der Waals surface area contributed by atoms with Crippen molar-refractivity contribution < 1.29 is 19.2 Å². The summed E-state index contributed by atoms with van der Waals surface area (Å²) in [5.41, 5.74) is 2.01. The average molecular weight is 272 g/mol. The quantitative estimate of drug-likeness (QED) is 0.802. The van der Waals surface area contributed by atoms with Crippen molar-refractivity contribution in [2.75, 3.05) is 6.61 Å². The van der Waals surface area contributed by atoms with E-state index in [1.165, 1.54) is 6.42 Å². The molecular weight excluding hydrogens is 248 g/mol. The van der Waals surface area contributed by atoms with Crippen molar-refractivity contribution in [3.05, 3.63) is 0 Å². The topological polar surface area (TPSA) is 67.9 Å². The normalized spacial score (nSPS) is 16.0. The lowest BCUT2D eigenvalue weighted by molar-refractivity contribution is 0.0224. The molecule has 1 fully saturated rings. The van der Waals surface area contributed by atoms with Gasteiger partial charge in [-0.1, -0.05) is 19.3 Å². The highest BCUT2D eigenvalue weighted by Crippen LogP contribution is 2.24. The summed E-state index contributed by atoms with van der Waals surface area (Å²) in [6, 6.07) is 0.241. The average Bonchev–Trinajstić information content (AvgIpc) is 2.38. The molecule has 0 heterocycles. The molecule has 1 aliphatic rings. The first-order chi connectivity index (χ1) is 9.06. The first-order valence-corrected chi connectivity index (χ1v) is 6.98. The van der Waals surface area contributed by atoms with Crippen LogP contribution in [0.2, 0.25) is 0 Å². The molecule has 1 N–H and O–H groups in total. The monoisotopic (exact) mass is 272 g/mol. The van der Waals surface area contributed by atoms with Crippen LogP contribution in [0.25, 0.3) is 0 Å². The van der Waals surface area contributed by atoms with Crippen LogP contribution in [0, 0.1) is 0 Å². The third kappa shape index (κ3) is 4.96. The lowest BCUT2D eigenvalue weighted by atomic mass is 9.94. The molecule has 0 unspecified atom stereocenters. The van der Waals surface area contributed by atoms with E-state index < -0.39 is 12.2 Å². The molecule has 0 aromatic rings. The molecule has 1 aliphatic carbocycles. The van der Waals surface area contributed by atoms with Crippen molar-refractivity contribution >= 4 is 12.2 Å². The molecule has 19 heavy (non-hydrogen) atoms. The molecule has 0 saturated heterocycles. The van der Waals surface area contributed by atoms with Gasteiger partial charge >= 0.3 is 12.2 Å². The molecule has 6 heteroatoms. The number of carbonyl (C=O) groups excluding carboxylic acids is 2. The highest BCUT2D eigenvalue weighted by atomic mass is 16.7. The Balaban J connectivity index is 2.50. The standard InChI is InChI=1S/C13H24N2O4/c1-4-18-12(16)14-19-13(17)15(10(2)3)11-8-6-5-7-9-11/h10-11H,4-9H2,1-3H3,(H,14,16). The van der Waals surface area contributed by atoms with Crippen LogP contribution in [0.4, 0.5) is 9.59 Å². The number of carbonyl (C=O) groups is 2. The summed E-state index contributed by atoms with van der Waals surface area (Å²) in [7, 11) is 0. The van der Waals surface area contributed by atoms with Gasteiger partial charge in [0.05, 0.1) is 6.61 Å². The summed E-state index contributed by atoms with van der Waals surface area (Å²) in [5.74, 6) is 0. The fraction of sp³-hybridized carbons (Fsp3) is 0.846. The molecule has 0 radical (unpaired) electrons. The van der Waals surface area contributed by atoms with Crippen LogP contribution in [0.3, 0.4) is 0 Å². The van der Waals surface area contributed by atoms with E-state index in [-0.39, 0.29) is 18.7 Å². The summed E-state index contributed by atoms with van der Waals surface area (Å²) in [4.78, 5) is 29.6. The van der Waals surface area contributed by atoms with E-state index in [4.69, 9.17) is 4.84 Å². The van der Waals surface area contributed by atoms with Gasteiger partial charge in [0, 0.05) is 12.1 Å². The minimum absolute atomic E-state index is 0.0413. The van der Waals surface area contributed by atoms with Gasteiger partial charge in [0.2, 0.25) is 0 Å². The Labute approximate surface area is 114 Å². The molecule has 1 rings (SSSR count). The zero-order chi connectivity index (χ0) is 14.3. The Morgan fingerprint density at radius 3 is 2.42 bits per heavy atom. The molecule has 6 nitrogen and oxygen atoms in total. The van der Waals surface area contributed by atoms with E-state index in [2.05, 4.69) is 4.74 Å². The zero-order valence-corrected chi connectivity index (χ0v) is 12.0. The molecule has 0 bridgehead atoms. The molecule has 1 saturated carbocycles. The third-order valence-corrected chi connectivity index (χ3v) is 3.23. The molecule has 0 atom stereocenters. The fourth-order valence-corrected chi connectivity index (χ4v) is 2.44. The van der Waals surface area contributed by atoms with Gasteiger partial charge in [-0.3, -0.25) is 0 Å². The minimum atomic E-state index is -0.747. The summed E-state index contributed by atoms with van der Waals surface area (Å²) in [6.07, 6.45) is 4.20. The van der Waals surface area contributed by atoms with Crippen LogP contribution in [0.5, 0.6) is 0 Å². The number of hydrogen-bond donors (Lipinski definition) is 1. The SMILES string of the molecule is CCOC(=O)NOC(=O)N(C(C)C)C1CCCCC1. The molecular formula is C13H24N2O4. The Hall–Kier alpha value is -1.46. The van der Waals surface area contributed by atoms with Gasteiger partial charge in [0.15, 0.2) is 0 Å². The van der Waals surface area contributed by atoms with Crippen molar-refractivity contribution in [1.82, 2.24) is 10.4 Å². The highest BCUT2D eigenvalue weighted by Gasteiger charge is 2.29. The van der Waals surface area contributed by atoms with Crippen molar-refractivity contribution in [1.29, 1.82) is 0 Å². The molecule has 2 amide bonds. The maximum absolute atomic E-state index is 12.0. The van der Waals surface area contributed by atoms with Crippen molar-refractivity contribution in [2.24, 2.45) is 0 Å². The predicted molar refractivity (Wildman–Crippen MR) is 70.5 cm³/mol. The third-order valence-electron chi connectivity index (χ3n) is 3.23. The Morgan fingerprint density at radius 2 is 1.89 bits per heavy atom. The van der Waals surface area contributed by atoms with Crippen LogP contribution in [-0.2, 0) is 9.57 Å². The maximum atomic E-state index is 12.0. The first-order valence-electron chi connectivity index (χ1n) is 6.98. The van der Waals surface area contributed by atoms with Crippen LogP contribution in [0.1, 0.15) is 52.9 Å². The first kappa shape index (κ1) is 15.6. The number of rotatable bonds is 3. The van der Waals surface area contributed by atoms with Crippen LogP contribution in [0.15, 0.2) is 0 Å². The van der Waals surface area contributed by atoms with Gasteiger partial charge in [-0.15, -0.1) is 5.48 Å². The van der Waals surface area contributed by atoms with Gasteiger partial charge < -0.3 is 14.5 Å². The maximum Gasteiger partial charge on any atom is 0.440 e. The second kappa shape index (κ2) is 7.86. The van der Waals surface area contributed by atoms with Crippen LogP contribution in [-0.4, -0.2) is 35.8 Å². The largest absolute Gasteiger partial charge is 0.448 e. The number of amides is 2. The van der Waals surface area contributed by atoms with E-state index in [1.807, 2.05) is 19.3 Å². The Bertz CT molecular complexity index is 301. The smallest absolute Gasteiger partial charge is 0.440 e. The van der Waals surface area contributed by atoms with Crippen LogP contribution >= 0.6 is 0 Å². The van der Waals surface area contributed by atoms with Gasteiger partial charge in [-0.05, 0) is 33.6 Å². The molecule has 0 aliphatic heterocycles. The van der Waals surface area contributed by atoms with E-state index in [0.29, 0.717) is 0 Å². The fourth-order valence-electron chi connectivity index (χ4n) is 2.44. The number of ether oxygens (including phenoxy) is 1. The van der Waals surface area contributed by atoms with Crippen molar-refractivity contribution in [3.63, 3.8) is 0 Å². The zero-order valence-electron chi connectivity index (χ0n) is 12.0. The summed E-state index contributed by atoms with van der Waals surface area (Å²) >= 11 is 0. The number of hydrogen-bond acceptors (Lipinski definition) is 4. The number of nitrogens with zero attached hydrogens (tertiary/aromatic N) is 1. The molecule has 0 spiro atoms. The molecule has 110 valence electrons.